The molecule has 124 valence electrons. The van der Waals surface area contributed by atoms with Gasteiger partial charge in [0, 0.05) is 5.69 Å². The number of nitrogens with zero attached hydrogens (tertiary/aromatic N) is 2. The van der Waals surface area contributed by atoms with Crippen LogP contribution in [-0.2, 0) is 17.6 Å². The second-order valence-corrected chi connectivity index (χ2v) is 6.28. The number of aryl methyl sites for hydroxylation is 1. The molecule has 7 nitrogen and oxygen atoms in total. The zero-order valence-corrected chi connectivity index (χ0v) is 13.1. The number of hydrogen-bond acceptors (Lipinski definition) is 7. The van der Waals surface area contributed by atoms with Gasteiger partial charge in [0.15, 0.2) is 6.23 Å². The fourth-order valence-electron chi connectivity index (χ4n) is 3.31. The minimum atomic E-state index is -1.48. The van der Waals surface area contributed by atoms with Gasteiger partial charge in [-0.2, -0.15) is 5.26 Å². The van der Waals surface area contributed by atoms with Gasteiger partial charge in [0.2, 0.25) is 0 Å². The van der Waals surface area contributed by atoms with Gasteiger partial charge in [0.05, 0.1) is 12.2 Å². The van der Waals surface area contributed by atoms with Crippen molar-refractivity contribution in [2.75, 3.05) is 6.61 Å². The van der Waals surface area contributed by atoms with Gasteiger partial charge >= 0.3 is 0 Å². The Labute approximate surface area is 138 Å². The van der Waals surface area contributed by atoms with Crippen molar-refractivity contribution in [3.8, 4) is 6.07 Å². The lowest BCUT2D eigenvalue weighted by molar-refractivity contribution is -0.252. The molecule has 0 bridgehead atoms. The van der Waals surface area contributed by atoms with Crippen LogP contribution in [0.2, 0.25) is 0 Å². The van der Waals surface area contributed by atoms with Crippen molar-refractivity contribution < 1.29 is 25.2 Å². The van der Waals surface area contributed by atoms with Crippen LogP contribution in [0, 0.1) is 16.0 Å². The predicted octanol–water partition coefficient (Wildman–Crippen LogP) is -0.450. The first-order valence-electron chi connectivity index (χ1n) is 7.47. The van der Waals surface area contributed by atoms with E-state index in [1.807, 2.05) is 6.07 Å². The third-order valence-corrected chi connectivity index (χ3v) is 4.95. The molecule has 5 atom stereocenters. The van der Waals surface area contributed by atoms with E-state index in [4.69, 9.17) is 17.0 Å². The molecule has 0 amide bonds. The second kappa shape index (κ2) is 6.28. The number of ether oxygens (including phenoxy) is 1. The maximum Gasteiger partial charge on any atom is 0.164 e. The maximum atomic E-state index is 10.3. The molecule has 0 aromatic carbocycles. The average molecular weight is 338 g/mol. The SMILES string of the molecule is N#Cc1cc2c(n([C@@H]3O[C@H](CO)[C@@H](O)[C@H](O)[C@H]3O)c1=S)CCC2. The van der Waals surface area contributed by atoms with Crippen LogP contribution < -0.4 is 0 Å². The van der Waals surface area contributed by atoms with Gasteiger partial charge in [0.25, 0.3) is 0 Å². The molecule has 1 aromatic rings. The number of rotatable bonds is 2. The minimum absolute atomic E-state index is 0.220. The van der Waals surface area contributed by atoms with E-state index >= 15 is 0 Å². The summed E-state index contributed by atoms with van der Waals surface area (Å²) in [5.41, 5.74) is 2.13. The quantitative estimate of drug-likeness (QED) is 0.539. The van der Waals surface area contributed by atoms with E-state index < -0.39 is 37.3 Å². The molecule has 0 spiro atoms. The Kier molecular flexibility index (Phi) is 4.51. The minimum Gasteiger partial charge on any atom is -0.394 e. The first-order valence-corrected chi connectivity index (χ1v) is 7.88. The summed E-state index contributed by atoms with van der Waals surface area (Å²) in [7, 11) is 0. The standard InChI is InChI=1S/C15H18N2O5S/c16-5-8-4-7-2-1-3-9(7)17(15(8)23)14-13(21)12(20)11(19)10(6-18)22-14/h4,10-14,18-21H,1-3,6H2/t10-,11-,12+,13-,14-/m1/s1. The van der Waals surface area contributed by atoms with Crippen LogP contribution in [0.4, 0.5) is 0 Å². The van der Waals surface area contributed by atoms with Gasteiger partial charge in [-0.15, -0.1) is 0 Å². The molecule has 1 aliphatic carbocycles. The summed E-state index contributed by atoms with van der Waals surface area (Å²) < 4.78 is 7.37. The highest BCUT2D eigenvalue weighted by Crippen LogP contribution is 2.33. The number of aliphatic hydroxyl groups excluding tert-OH is 4. The molecule has 2 aliphatic rings. The molecule has 4 N–H and O–H groups in total. The Balaban J connectivity index is 2.13. The zero-order chi connectivity index (χ0) is 16.7. The average Bonchev–Trinajstić information content (AvgIpc) is 3.01. The van der Waals surface area contributed by atoms with E-state index in [1.54, 1.807) is 10.6 Å². The van der Waals surface area contributed by atoms with Crippen molar-refractivity contribution in [1.29, 1.82) is 5.26 Å². The molecule has 0 unspecified atom stereocenters. The number of nitriles is 1. The van der Waals surface area contributed by atoms with Crippen molar-refractivity contribution in [3.05, 3.63) is 27.5 Å². The van der Waals surface area contributed by atoms with Crippen LogP contribution >= 0.6 is 12.2 Å². The maximum absolute atomic E-state index is 10.3. The van der Waals surface area contributed by atoms with Gasteiger partial charge in [-0.25, -0.2) is 0 Å². The highest BCUT2D eigenvalue weighted by atomic mass is 32.1. The number of pyridine rings is 1. The Bertz CT molecular complexity index is 711. The summed E-state index contributed by atoms with van der Waals surface area (Å²) in [5, 5.41) is 48.8. The summed E-state index contributed by atoms with van der Waals surface area (Å²) in [5.74, 6) is 0. The van der Waals surface area contributed by atoms with Crippen LogP contribution in [-0.4, -0.2) is 56.0 Å². The Morgan fingerprint density at radius 2 is 2.00 bits per heavy atom. The van der Waals surface area contributed by atoms with Crippen LogP contribution in [0.15, 0.2) is 6.07 Å². The van der Waals surface area contributed by atoms with Crippen molar-refractivity contribution >= 4 is 12.2 Å². The topological polar surface area (TPSA) is 119 Å². The molecule has 3 rings (SSSR count). The van der Waals surface area contributed by atoms with E-state index in [1.165, 1.54) is 0 Å². The monoisotopic (exact) mass is 338 g/mol. The molecule has 0 radical (unpaired) electrons. The lowest BCUT2D eigenvalue weighted by Gasteiger charge is -2.41. The lowest BCUT2D eigenvalue weighted by atomic mass is 9.97. The zero-order valence-electron chi connectivity index (χ0n) is 12.3. The molecule has 0 saturated carbocycles. The molecule has 1 aliphatic heterocycles. The molecule has 23 heavy (non-hydrogen) atoms. The first-order chi connectivity index (χ1) is 11.0. The van der Waals surface area contributed by atoms with Crippen molar-refractivity contribution in [1.82, 2.24) is 4.57 Å². The molecule has 8 heteroatoms. The number of aromatic nitrogens is 1. The Morgan fingerprint density at radius 1 is 1.26 bits per heavy atom. The Morgan fingerprint density at radius 3 is 2.65 bits per heavy atom. The van der Waals surface area contributed by atoms with E-state index in [2.05, 4.69) is 0 Å². The normalized spacial score (nSPS) is 33.3. The van der Waals surface area contributed by atoms with Crippen molar-refractivity contribution in [2.45, 2.75) is 49.9 Å². The molecular weight excluding hydrogens is 320 g/mol. The third-order valence-electron chi connectivity index (χ3n) is 4.53. The van der Waals surface area contributed by atoms with Gasteiger partial charge in [0.1, 0.15) is 35.1 Å². The number of aliphatic hydroxyl groups is 4. The van der Waals surface area contributed by atoms with Crippen LogP contribution in [0.1, 0.15) is 29.5 Å². The van der Waals surface area contributed by atoms with E-state index in [-0.39, 0.29) is 4.64 Å². The highest BCUT2D eigenvalue weighted by molar-refractivity contribution is 7.71. The third kappa shape index (κ3) is 2.59. The van der Waals surface area contributed by atoms with E-state index in [9.17, 15) is 25.7 Å². The predicted molar refractivity (Wildman–Crippen MR) is 81.0 cm³/mol. The van der Waals surface area contributed by atoms with Crippen LogP contribution in [0.25, 0.3) is 0 Å². The Hall–Kier alpha value is -1.34. The second-order valence-electron chi connectivity index (χ2n) is 5.89. The van der Waals surface area contributed by atoms with Crippen LogP contribution in [0.3, 0.4) is 0 Å². The molecular formula is C15H18N2O5S. The molecule has 2 heterocycles. The number of fused-ring (bicyclic) bond motifs is 1. The number of hydrogen-bond donors (Lipinski definition) is 4. The molecule has 1 saturated heterocycles. The van der Waals surface area contributed by atoms with Gasteiger partial charge < -0.3 is 29.7 Å². The largest absolute Gasteiger partial charge is 0.394 e. The van der Waals surface area contributed by atoms with Gasteiger partial charge in [-0.1, -0.05) is 12.2 Å². The fourth-order valence-corrected chi connectivity index (χ4v) is 3.63. The van der Waals surface area contributed by atoms with Gasteiger partial charge in [-0.05, 0) is 30.9 Å². The summed E-state index contributed by atoms with van der Waals surface area (Å²) in [6, 6.07) is 3.80. The summed E-state index contributed by atoms with van der Waals surface area (Å²) in [4.78, 5) is 0. The molecule has 1 fully saturated rings. The van der Waals surface area contributed by atoms with Gasteiger partial charge in [-0.3, -0.25) is 0 Å². The van der Waals surface area contributed by atoms with Crippen LogP contribution in [0.5, 0.6) is 0 Å². The smallest absolute Gasteiger partial charge is 0.164 e. The summed E-state index contributed by atoms with van der Waals surface area (Å²) >= 11 is 5.35. The summed E-state index contributed by atoms with van der Waals surface area (Å²) in [6.07, 6.45) is -3.96. The van der Waals surface area contributed by atoms with Crippen molar-refractivity contribution in [2.24, 2.45) is 0 Å². The fraction of sp³-hybridized carbons (Fsp3) is 0.600. The lowest BCUT2D eigenvalue weighted by Crippen LogP contribution is -2.56. The first kappa shape index (κ1) is 16.5. The van der Waals surface area contributed by atoms with E-state index in [0.29, 0.717) is 5.56 Å². The van der Waals surface area contributed by atoms with Crippen molar-refractivity contribution in [3.63, 3.8) is 0 Å². The highest BCUT2D eigenvalue weighted by Gasteiger charge is 2.45. The van der Waals surface area contributed by atoms with E-state index in [0.717, 1.165) is 30.5 Å². The molecule has 1 aromatic heterocycles. The summed E-state index contributed by atoms with van der Waals surface area (Å²) in [6.45, 7) is -0.505.